The summed E-state index contributed by atoms with van der Waals surface area (Å²) < 4.78 is 5.20. The van der Waals surface area contributed by atoms with Crippen molar-refractivity contribution in [1.82, 2.24) is 0 Å². The summed E-state index contributed by atoms with van der Waals surface area (Å²) >= 11 is 0. The molecule has 0 bridgehead atoms. The summed E-state index contributed by atoms with van der Waals surface area (Å²) in [4.78, 5) is 22.8. The zero-order chi connectivity index (χ0) is 20.8. The maximum absolute atomic E-state index is 12.4. The van der Waals surface area contributed by atoms with E-state index >= 15 is 0 Å². The molecule has 0 aliphatic heterocycles. The number of hydrogen-bond donors (Lipinski definition) is 2. The van der Waals surface area contributed by atoms with Crippen LogP contribution in [0.4, 0.5) is 11.4 Å². The van der Waals surface area contributed by atoms with Gasteiger partial charge in [-0.1, -0.05) is 6.07 Å². The average molecular weight is 381 g/mol. The molecule has 144 valence electrons. The van der Waals surface area contributed by atoms with Crippen LogP contribution in [0.3, 0.4) is 0 Å². The van der Waals surface area contributed by atoms with Gasteiger partial charge in [-0.2, -0.15) is 5.26 Å². The maximum Gasteiger partial charge on any atom is 0.315 e. The Balaban J connectivity index is 2.39. The molecule has 0 saturated heterocycles. The molecule has 1 amide bonds. The van der Waals surface area contributed by atoms with Gasteiger partial charge in [-0.05, 0) is 61.7 Å². The highest BCUT2D eigenvalue weighted by Gasteiger charge is 2.20. The number of aryl methyl sites for hydroxylation is 2. The molecule has 0 aliphatic rings. The number of carbonyl (C=O) groups is 1. The number of phenols is 1. The Hall–Kier alpha value is -3.86. The summed E-state index contributed by atoms with van der Waals surface area (Å²) in [6.07, 6.45) is 1.20. The van der Waals surface area contributed by atoms with Crippen LogP contribution in [0.25, 0.3) is 6.08 Å². The van der Waals surface area contributed by atoms with Crippen molar-refractivity contribution < 1.29 is 19.6 Å². The van der Waals surface area contributed by atoms with Crippen LogP contribution in [0.1, 0.15) is 23.6 Å². The van der Waals surface area contributed by atoms with Gasteiger partial charge in [0.05, 0.1) is 11.5 Å². The third-order valence-corrected chi connectivity index (χ3v) is 4.01. The SMILES string of the molecule is CCOc1cc(/C=C(\C#N)C(=O)Nc2ccc(C)c(C)c2)cc([N+](=O)[O-])c1O. The molecule has 0 heterocycles. The van der Waals surface area contributed by atoms with Crippen LogP contribution in [0.15, 0.2) is 35.9 Å². The molecule has 2 N–H and O–H groups in total. The normalized spacial score (nSPS) is 10.9. The van der Waals surface area contributed by atoms with Crippen LogP contribution in [0.2, 0.25) is 0 Å². The molecule has 0 fully saturated rings. The number of nitro benzene ring substituents is 1. The Morgan fingerprint density at radius 1 is 1.32 bits per heavy atom. The summed E-state index contributed by atoms with van der Waals surface area (Å²) in [5.41, 5.74) is 1.93. The number of nitrogens with zero attached hydrogens (tertiary/aromatic N) is 2. The molecular formula is C20H19N3O5. The van der Waals surface area contributed by atoms with Gasteiger partial charge in [-0.25, -0.2) is 0 Å². The molecule has 2 rings (SSSR count). The van der Waals surface area contributed by atoms with E-state index in [4.69, 9.17) is 4.74 Å². The number of nitriles is 1. The predicted octanol–water partition coefficient (Wildman–Crippen LogP) is 3.86. The molecule has 0 atom stereocenters. The third-order valence-electron chi connectivity index (χ3n) is 4.01. The topological polar surface area (TPSA) is 125 Å². The Morgan fingerprint density at radius 2 is 2.04 bits per heavy atom. The number of rotatable bonds is 6. The number of aromatic hydroxyl groups is 1. The maximum atomic E-state index is 12.4. The molecule has 0 unspecified atom stereocenters. The van der Waals surface area contributed by atoms with Gasteiger partial charge in [0.15, 0.2) is 5.75 Å². The van der Waals surface area contributed by atoms with Gasteiger partial charge in [0.25, 0.3) is 5.91 Å². The van der Waals surface area contributed by atoms with E-state index in [0.717, 1.165) is 17.2 Å². The number of nitrogens with one attached hydrogen (secondary N) is 1. The summed E-state index contributed by atoms with van der Waals surface area (Å²) in [5, 5.41) is 33.0. The highest BCUT2D eigenvalue weighted by atomic mass is 16.6. The largest absolute Gasteiger partial charge is 0.500 e. The van der Waals surface area contributed by atoms with Gasteiger partial charge in [-0.3, -0.25) is 14.9 Å². The second-order valence-corrected chi connectivity index (χ2v) is 6.00. The van der Waals surface area contributed by atoms with E-state index in [2.05, 4.69) is 5.32 Å². The quantitative estimate of drug-likeness (QED) is 0.339. The van der Waals surface area contributed by atoms with Crippen LogP contribution in [0.5, 0.6) is 11.5 Å². The lowest BCUT2D eigenvalue weighted by atomic mass is 10.1. The molecule has 0 radical (unpaired) electrons. The number of anilines is 1. The van der Waals surface area contributed by atoms with Crippen molar-refractivity contribution in [2.75, 3.05) is 11.9 Å². The fraction of sp³-hybridized carbons (Fsp3) is 0.200. The van der Waals surface area contributed by atoms with Gasteiger partial charge in [0.1, 0.15) is 11.6 Å². The first kappa shape index (κ1) is 20.5. The average Bonchev–Trinajstić information content (AvgIpc) is 2.64. The smallest absolute Gasteiger partial charge is 0.315 e. The van der Waals surface area contributed by atoms with Crippen molar-refractivity contribution in [2.45, 2.75) is 20.8 Å². The number of phenolic OH excluding ortho intramolecular Hbond substituents is 1. The van der Waals surface area contributed by atoms with E-state index in [1.807, 2.05) is 19.9 Å². The second-order valence-electron chi connectivity index (χ2n) is 6.00. The minimum atomic E-state index is -0.767. The number of benzene rings is 2. The number of nitro groups is 1. The van der Waals surface area contributed by atoms with Crippen LogP contribution in [-0.2, 0) is 4.79 Å². The van der Waals surface area contributed by atoms with Crippen molar-refractivity contribution >= 4 is 23.4 Å². The van der Waals surface area contributed by atoms with Gasteiger partial charge >= 0.3 is 5.69 Å². The number of carbonyl (C=O) groups excluding carboxylic acids is 1. The summed E-state index contributed by atoms with van der Waals surface area (Å²) in [5.74, 6) is -1.36. The molecule has 0 spiro atoms. The van der Waals surface area contributed by atoms with Crippen molar-refractivity contribution in [3.05, 3.63) is 62.7 Å². The second kappa shape index (κ2) is 8.68. The van der Waals surface area contributed by atoms with Gasteiger partial charge in [-0.15, -0.1) is 0 Å². The lowest BCUT2D eigenvalue weighted by Gasteiger charge is -2.09. The minimum Gasteiger partial charge on any atom is -0.500 e. The van der Waals surface area contributed by atoms with Crippen LogP contribution in [-0.4, -0.2) is 22.5 Å². The summed E-state index contributed by atoms with van der Waals surface area (Å²) in [6, 6.07) is 9.52. The van der Waals surface area contributed by atoms with Gasteiger partial charge in [0.2, 0.25) is 5.75 Å². The summed E-state index contributed by atoms with van der Waals surface area (Å²) in [6.45, 7) is 5.67. The Morgan fingerprint density at radius 3 is 2.61 bits per heavy atom. The molecule has 8 heteroatoms. The molecule has 2 aromatic rings. The first-order valence-electron chi connectivity index (χ1n) is 8.41. The van der Waals surface area contributed by atoms with Crippen LogP contribution in [0, 0.1) is 35.3 Å². The fourth-order valence-corrected chi connectivity index (χ4v) is 2.43. The number of amides is 1. The molecule has 2 aromatic carbocycles. The molecule has 28 heavy (non-hydrogen) atoms. The van der Waals surface area contributed by atoms with E-state index in [-0.39, 0.29) is 23.5 Å². The zero-order valence-electron chi connectivity index (χ0n) is 15.6. The van der Waals surface area contributed by atoms with Gasteiger partial charge < -0.3 is 15.2 Å². The standard InChI is InChI=1S/C20H19N3O5/c1-4-28-18-10-14(9-17(19(18)24)23(26)27)8-15(11-21)20(25)22-16-6-5-12(2)13(3)7-16/h5-10,24H,4H2,1-3H3,(H,22,25)/b15-8+. The number of hydrogen-bond acceptors (Lipinski definition) is 6. The first-order valence-corrected chi connectivity index (χ1v) is 8.41. The molecule has 0 saturated carbocycles. The summed E-state index contributed by atoms with van der Waals surface area (Å²) in [7, 11) is 0. The van der Waals surface area contributed by atoms with Crippen molar-refractivity contribution in [2.24, 2.45) is 0 Å². The molecular weight excluding hydrogens is 362 g/mol. The van der Waals surface area contributed by atoms with Crippen molar-refractivity contribution in [1.29, 1.82) is 5.26 Å². The van der Waals surface area contributed by atoms with E-state index in [1.165, 1.54) is 12.1 Å². The third kappa shape index (κ3) is 4.65. The monoisotopic (exact) mass is 381 g/mol. The first-order chi connectivity index (χ1) is 13.3. The van der Waals surface area contributed by atoms with Crippen molar-refractivity contribution in [3.8, 4) is 17.6 Å². The van der Waals surface area contributed by atoms with Crippen LogP contribution >= 0.6 is 0 Å². The highest BCUT2D eigenvalue weighted by molar-refractivity contribution is 6.09. The number of ether oxygens (including phenoxy) is 1. The molecule has 0 aromatic heterocycles. The van der Waals surface area contributed by atoms with E-state index < -0.39 is 22.3 Å². The highest BCUT2D eigenvalue weighted by Crippen LogP contribution is 2.37. The lowest BCUT2D eigenvalue weighted by Crippen LogP contribution is -2.13. The van der Waals surface area contributed by atoms with Gasteiger partial charge in [0, 0.05) is 11.8 Å². The lowest BCUT2D eigenvalue weighted by molar-refractivity contribution is -0.386. The fourth-order valence-electron chi connectivity index (χ4n) is 2.43. The zero-order valence-corrected chi connectivity index (χ0v) is 15.6. The Bertz CT molecular complexity index is 1010. The Kier molecular flexibility index (Phi) is 6.34. The molecule has 8 nitrogen and oxygen atoms in total. The van der Waals surface area contributed by atoms with Crippen molar-refractivity contribution in [3.63, 3.8) is 0 Å². The molecule has 0 aliphatic carbocycles. The Labute approximate surface area is 161 Å². The minimum absolute atomic E-state index is 0.102. The van der Waals surface area contributed by atoms with Crippen LogP contribution < -0.4 is 10.1 Å². The van der Waals surface area contributed by atoms with E-state index in [1.54, 1.807) is 25.1 Å². The van der Waals surface area contributed by atoms with E-state index in [0.29, 0.717) is 5.69 Å². The predicted molar refractivity (Wildman–Crippen MR) is 104 cm³/mol. The van der Waals surface area contributed by atoms with E-state index in [9.17, 15) is 25.3 Å².